The Morgan fingerprint density at radius 1 is 1.22 bits per heavy atom. The molecule has 0 amide bonds. The predicted molar refractivity (Wildman–Crippen MR) is 102 cm³/mol. The number of aliphatic hydroxyl groups is 1. The van der Waals surface area contributed by atoms with E-state index in [1.165, 1.54) is 13.2 Å². The molecular formula is C22H26FNO3. The highest BCUT2D eigenvalue weighted by molar-refractivity contribution is 5.89. The Kier molecular flexibility index (Phi) is 6.24. The van der Waals surface area contributed by atoms with Crippen LogP contribution in [0.1, 0.15) is 34.3 Å². The maximum atomic E-state index is 14.1. The van der Waals surface area contributed by atoms with Gasteiger partial charge in [-0.2, -0.15) is 0 Å². The van der Waals surface area contributed by atoms with Crippen LogP contribution in [-0.2, 0) is 17.7 Å². The van der Waals surface area contributed by atoms with Gasteiger partial charge < -0.3 is 9.84 Å². The first-order valence-electron chi connectivity index (χ1n) is 9.29. The van der Waals surface area contributed by atoms with Crippen LogP contribution in [0.5, 0.6) is 0 Å². The molecule has 1 fully saturated rings. The smallest absolute Gasteiger partial charge is 0.337 e. The van der Waals surface area contributed by atoms with Crippen LogP contribution in [0.2, 0.25) is 0 Å². The number of aliphatic hydroxyl groups excluding tert-OH is 1. The summed E-state index contributed by atoms with van der Waals surface area (Å²) < 4.78 is 18.8. The maximum absolute atomic E-state index is 14.1. The van der Waals surface area contributed by atoms with E-state index in [1.54, 1.807) is 24.3 Å². The lowest BCUT2D eigenvalue weighted by molar-refractivity contribution is 0.0283. The maximum Gasteiger partial charge on any atom is 0.337 e. The van der Waals surface area contributed by atoms with Crippen LogP contribution in [0.25, 0.3) is 0 Å². The summed E-state index contributed by atoms with van der Waals surface area (Å²) in [5.74, 6) is -0.551. The number of hydrogen-bond donors (Lipinski definition) is 1. The lowest BCUT2D eigenvalue weighted by atomic mass is 9.75. The highest BCUT2D eigenvalue weighted by Crippen LogP contribution is 2.34. The van der Waals surface area contributed by atoms with Gasteiger partial charge in [0.05, 0.1) is 19.3 Å². The van der Waals surface area contributed by atoms with Crippen LogP contribution < -0.4 is 0 Å². The molecule has 1 aliphatic heterocycles. The Morgan fingerprint density at radius 2 is 1.96 bits per heavy atom. The number of ether oxygens (including phenoxy) is 1. The summed E-state index contributed by atoms with van der Waals surface area (Å²) in [6.07, 6.45) is 2.39. The summed E-state index contributed by atoms with van der Waals surface area (Å²) in [5, 5.41) is 10.1. The minimum Gasteiger partial charge on any atom is -0.465 e. The molecular weight excluding hydrogens is 345 g/mol. The molecule has 2 aromatic rings. The van der Waals surface area contributed by atoms with E-state index in [-0.39, 0.29) is 23.8 Å². The fraction of sp³-hybridized carbons (Fsp3) is 0.409. The van der Waals surface area contributed by atoms with Gasteiger partial charge in [0.15, 0.2) is 0 Å². The van der Waals surface area contributed by atoms with Gasteiger partial charge in [-0.1, -0.05) is 30.3 Å². The third-order valence-corrected chi connectivity index (χ3v) is 5.38. The van der Waals surface area contributed by atoms with Crippen molar-refractivity contribution < 1.29 is 19.0 Å². The molecule has 1 saturated heterocycles. The minimum atomic E-state index is -0.344. The number of likely N-dealkylation sites (tertiary alicyclic amines) is 1. The van der Waals surface area contributed by atoms with Crippen LogP contribution >= 0.6 is 0 Å². The standard InChI is InChI=1S/C22H26FNO3/c1-27-21(26)18-9-7-17(8-10-18)14-24-12-4-11-22(15-24,16-25)13-19-5-2-3-6-20(19)23/h2-3,5-10,25H,4,11-16H2,1H3/t22-/m1/s1. The number of piperidine rings is 1. The monoisotopic (exact) mass is 371 g/mol. The molecule has 0 aromatic heterocycles. The van der Waals surface area contributed by atoms with Gasteiger partial charge >= 0.3 is 5.97 Å². The summed E-state index contributed by atoms with van der Waals surface area (Å²) in [4.78, 5) is 13.8. The Morgan fingerprint density at radius 3 is 2.63 bits per heavy atom. The largest absolute Gasteiger partial charge is 0.465 e. The molecule has 0 saturated carbocycles. The van der Waals surface area contributed by atoms with E-state index >= 15 is 0 Å². The van der Waals surface area contributed by atoms with Crippen LogP contribution in [0.4, 0.5) is 4.39 Å². The van der Waals surface area contributed by atoms with Crippen molar-refractivity contribution in [1.29, 1.82) is 0 Å². The zero-order chi connectivity index (χ0) is 19.3. The third kappa shape index (κ3) is 4.73. The highest BCUT2D eigenvalue weighted by Gasteiger charge is 2.35. The molecule has 0 bridgehead atoms. The van der Waals surface area contributed by atoms with E-state index in [0.29, 0.717) is 17.5 Å². The molecule has 27 heavy (non-hydrogen) atoms. The van der Waals surface area contributed by atoms with Crippen LogP contribution in [0.15, 0.2) is 48.5 Å². The first-order valence-corrected chi connectivity index (χ1v) is 9.29. The van der Waals surface area contributed by atoms with Crippen molar-refractivity contribution in [2.45, 2.75) is 25.8 Å². The predicted octanol–water partition coefficient (Wildman–Crippen LogP) is 3.43. The van der Waals surface area contributed by atoms with Gasteiger partial charge in [-0.25, -0.2) is 9.18 Å². The van der Waals surface area contributed by atoms with Crippen molar-refractivity contribution in [2.75, 3.05) is 26.8 Å². The van der Waals surface area contributed by atoms with E-state index in [9.17, 15) is 14.3 Å². The zero-order valence-electron chi connectivity index (χ0n) is 15.7. The fourth-order valence-electron chi connectivity index (χ4n) is 3.94. The van der Waals surface area contributed by atoms with Crippen LogP contribution in [0.3, 0.4) is 0 Å². The Hall–Kier alpha value is -2.24. The Balaban J connectivity index is 1.69. The lowest BCUT2D eigenvalue weighted by Crippen LogP contribution is -2.46. The summed E-state index contributed by atoms with van der Waals surface area (Å²) in [6, 6.07) is 14.2. The van der Waals surface area contributed by atoms with Crippen molar-refractivity contribution in [2.24, 2.45) is 5.41 Å². The molecule has 2 aromatic carbocycles. The van der Waals surface area contributed by atoms with Crippen LogP contribution in [-0.4, -0.2) is 42.8 Å². The molecule has 1 aliphatic rings. The second kappa shape index (κ2) is 8.63. The molecule has 1 N–H and O–H groups in total. The Bertz CT molecular complexity index is 777. The number of benzene rings is 2. The first-order chi connectivity index (χ1) is 13.0. The van der Waals surface area contributed by atoms with Gasteiger partial charge in [0.2, 0.25) is 0 Å². The number of rotatable bonds is 6. The summed E-state index contributed by atoms with van der Waals surface area (Å²) in [7, 11) is 1.37. The van der Waals surface area contributed by atoms with Crippen molar-refractivity contribution in [3.05, 3.63) is 71.0 Å². The van der Waals surface area contributed by atoms with Gasteiger partial charge in [-0.05, 0) is 55.1 Å². The second-order valence-electron chi connectivity index (χ2n) is 7.43. The molecule has 0 spiro atoms. The van der Waals surface area contributed by atoms with E-state index in [0.717, 1.165) is 38.0 Å². The molecule has 3 rings (SSSR count). The fourth-order valence-corrected chi connectivity index (χ4v) is 3.94. The van der Waals surface area contributed by atoms with E-state index in [4.69, 9.17) is 4.74 Å². The van der Waals surface area contributed by atoms with Crippen molar-refractivity contribution >= 4 is 5.97 Å². The highest BCUT2D eigenvalue weighted by atomic mass is 19.1. The molecule has 0 aliphatic carbocycles. The number of methoxy groups -OCH3 is 1. The molecule has 144 valence electrons. The van der Waals surface area contributed by atoms with Gasteiger partial charge in [0.1, 0.15) is 5.82 Å². The number of esters is 1. The molecule has 5 heteroatoms. The van der Waals surface area contributed by atoms with Gasteiger partial charge in [0, 0.05) is 18.5 Å². The normalized spacial score (nSPS) is 20.4. The first kappa shape index (κ1) is 19.5. The van der Waals surface area contributed by atoms with E-state index in [1.807, 2.05) is 18.2 Å². The van der Waals surface area contributed by atoms with Crippen LogP contribution in [0, 0.1) is 11.2 Å². The minimum absolute atomic E-state index is 0.0408. The van der Waals surface area contributed by atoms with Gasteiger partial charge in [-0.15, -0.1) is 0 Å². The molecule has 4 nitrogen and oxygen atoms in total. The van der Waals surface area contributed by atoms with Crippen molar-refractivity contribution in [1.82, 2.24) is 4.90 Å². The summed E-state index contributed by atoms with van der Waals surface area (Å²) in [5.41, 5.74) is 1.97. The quantitative estimate of drug-likeness (QED) is 0.791. The average Bonchev–Trinajstić information content (AvgIpc) is 2.70. The molecule has 1 atom stereocenters. The summed E-state index contributed by atoms with van der Waals surface area (Å²) in [6.45, 7) is 2.44. The SMILES string of the molecule is COC(=O)c1ccc(CN2CCC[C@@](CO)(Cc3ccccc3F)C2)cc1. The second-order valence-corrected chi connectivity index (χ2v) is 7.43. The Labute approximate surface area is 159 Å². The lowest BCUT2D eigenvalue weighted by Gasteiger charge is -2.42. The van der Waals surface area contributed by atoms with E-state index in [2.05, 4.69) is 4.90 Å². The molecule has 0 unspecified atom stereocenters. The molecule has 0 radical (unpaired) electrons. The topological polar surface area (TPSA) is 49.8 Å². The number of nitrogens with zero attached hydrogens (tertiary/aromatic N) is 1. The number of hydrogen-bond acceptors (Lipinski definition) is 4. The van der Waals surface area contributed by atoms with E-state index < -0.39 is 0 Å². The van der Waals surface area contributed by atoms with Crippen molar-refractivity contribution in [3.63, 3.8) is 0 Å². The van der Waals surface area contributed by atoms with Crippen molar-refractivity contribution in [3.8, 4) is 0 Å². The summed E-state index contributed by atoms with van der Waals surface area (Å²) >= 11 is 0. The number of halogens is 1. The number of carbonyl (C=O) groups excluding carboxylic acids is 1. The van der Waals surface area contributed by atoms with Gasteiger partial charge in [-0.3, -0.25) is 4.90 Å². The molecule has 1 heterocycles. The third-order valence-electron chi connectivity index (χ3n) is 5.38. The van der Waals surface area contributed by atoms with Gasteiger partial charge in [0.25, 0.3) is 0 Å². The average molecular weight is 371 g/mol. The zero-order valence-corrected chi connectivity index (χ0v) is 15.7. The number of carbonyl (C=O) groups is 1.